The molecule has 0 aliphatic carbocycles. The van der Waals surface area contributed by atoms with Gasteiger partial charge in [0, 0.05) is 45.8 Å². The number of rotatable bonds is 12. The third kappa shape index (κ3) is 10.6. The van der Waals surface area contributed by atoms with Crippen LogP contribution in [-0.2, 0) is 16.1 Å². The van der Waals surface area contributed by atoms with Crippen LogP contribution in [0.5, 0.6) is 0 Å². The molecule has 6 nitrogen and oxygen atoms in total. The van der Waals surface area contributed by atoms with Crippen molar-refractivity contribution in [1.82, 2.24) is 15.1 Å². The zero-order chi connectivity index (χ0) is 20.0. The molecule has 2 rings (SSSR count). The van der Waals surface area contributed by atoms with Gasteiger partial charge in [-0.15, -0.1) is 24.0 Å². The maximum absolute atomic E-state index is 5.95. The number of guanidine groups is 1. The number of hydrogen-bond donors (Lipinski definition) is 1. The van der Waals surface area contributed by atoms with Gasteiger partial charge in [-0.2, -0.15) is 0 Å². The van der Waals surface area contributed by atoms with Gasteiger partial charge in [-0.1, -0.05) is 30.3 Å². The first-order valence-electron chi connectivity index (χ1n) is 10.5. The topological polar surface area (TPSA) is 49.3 Å². The molecule has 0 amide bonds. The highest BCUT2D eigenvalue weighted by atomic mass is 127. The molecule has 1 N–H and O–H groups in total. The molecule has 0 spiro atoms. The van der Waals surface area contributed by atoms with Crippen molar-refractivity contribution in [2.75, 3.05) is 66.6 Å². The van der Waals surface area contributed by atoms with Gasteiger partial charge in [-0.05, 0) is 38.9 Å². The summed E-state index contributed by atoms with van der Waals surface area (Å²) in [7, 11) is 3.88. The molecule has 1 aromatic carbocycles. The molecule has 1 fully saturated rings. The van der Waals surface area contributed by atoms with Crippen LogP contribution < -0.4 is 5.32 Å². The van der Waals surface area contributed by atoms with Crippen LogP contribution in [0.25, 0.3) is 0 Å². The molecular weight excluding hydrogens is 479 g/mol. The molecule has 29 heavy (non-hydrogen) atoms. The number of aliphatic imine (C=N–C) groups is 1. The molecule has 1 aliphatic rings. The third-order valence-corrected chi connectivity index (χ3v) is 5.02. The van der Waals surface area contributed by atoms with Crippen molar-refractivity contribution in [2.24, 2.45) is 10.9 Å². The van der Waals surface area contributed by atoms with E-state index in [0.29, 0.717) is 12.5 Å². The van der Waals surface area contributed by atoms with Crippen molar-refractivity contribution in [3.05, 3.63) is 35.9 Å². The summed E-state index contributed by atoms with van der Waals surface area (Å²) in [6.45, 7) is 10.3. The van der Waals surface area contributed by atoms with Crippen molar-refractivity contribution in [3.8, 4) is 0 Å². The lowest BCUT2D eigenvalue weighted by atomic mass is 10.1. The van der Waals surface area contributed by atoms with Crippen LogP contribution in [0.2, 0.25) is 0 Å². The van der Waals surface area contributed by atoms with Gasteiger partial charge in [0.05, 0.1) is 19.8 Å². The first-order valence-corrected chi connectivity index (χ1v) is 10.5. The number of benzene rings is 1. The number of methoxy groups -OCH3 is 1. The second-order valence-electron chi connectivity index (χ2n) is 7.49. The summed E-state index contributed by atoms with van der Waals surface area (Å²) in [6.07, 6.45) is 2.23. The highest BCUT2D eigenvalue weighted by Gasteiger charge is 2.24. The van der Waals surface area contributed by atoms with E-state index < -0.39 is 0 Å². The predicted molar refractivity (Wildman–Crippen MR) is 131 cm³/mol. The summed E-state index contributed by atoms with van der Waals surface area (Å²) < 4.78 is 11.1. The molecule has 1 aromatic rings. The zero-order valence-corrected chi connectivity index (χ0v) is 20.6. The van der Waals surface area contributed by atoms with Gasteiger partial charge in [0.15, 0.2) is 5.96 Å². The summed E-state index contributed by atoms with van der Waals surface area (Å²) in [4.78, 5) is 9.52. The van der Waals surface area contributed by atoms with Crippen LogP contribution in [0.4, 0.5) is 0 Å². The summed E-state index contributed by atoms with van der Waals surface area (Å²) in [5.74, 6) is 1.63. The SMILES string of the molecule is CCNC(=NCCCN(C)CCOC)N1CCC(COCc2ccccc2)C1.I. The molecule has 0 aromatic heterocycles. The van der Waals surface area contributed by atoms with E-state index in [2.05, 4.69) is 53.4 Å². The summed E-state index contributed by atoms with van der Waals surface area (Å²) in [6, 6.07) is 10.4. The van der Waals surface area contributed by atoms with E-state index >= 15 is 0 Å². The van der Waals surface area contributed by atoms with Crippen LogP contribution in [0.3, 0.4) is 0 Å². The molecule has 0 radical (unpaired) electrons. The molecule has 0 bridgehead atoms. The lowest BCUT2D eigenvalue weighted by Crippen LogP contribution is -2.40. The van der Waals surface area contributed by atoms with Gasteiger partial charge < -0.3 is 24.6 Å². The van der Waals surface area contributed by atoms with E-state index in [-0.39, 0.29) is 24.0 Å². The Morgan fingerprint density at radius 2 is 2.07 bits per heavy atom. The standard InChI is InChI=1S/C22H38N4O2.HI/c1-4-23-22(24-12-8-13-25(2)15-16-27-3)26-14-11-21(17-26)19-28-18-20-9-6-5-7-10-20;/h5-7,9-10,21H,4,8,11-19H2,1-3H3,(H,23,24);1H. The molecule has 1 saturated heterocycles. The average molecular weight is 518 g/mol. The molecule has 1 heterocycles. The molecule has 1 unspecified atom stereocenters. The van der Waals surface area contributed by atoms with Crippen LogP contribution in [0.1, 0.15) is 25.3 Å². The van der Waals surface area contributed by atoms with Crippen LogP contribution in [0, 0.1) is 5.92 Å². The fraction of sp³-hybridized carbons (Fsp3) is 0.682. The molecule has 0 saturated carbocycles. The first-order chi connectivity index (χ1) is 13.7. The van der Waals surface area contributed by atoms with E-state index in [1.165, 1.54) is 12.0 Å². The summed E-state index contributed by atoms with van der Waals surface area (Å²) in [5.41, 5.74) is 1.24. The first kappa shape index (κ1) is 26.1. The van der Waals surface area contributed by atoms with Crippen LogP contribution in [-0.4, -0.2) is 82.4 Å². The highest BCUT2D eigenvalue weighted by Crippen LogP contribution is 2.17. The van der Waals surface area contributed by atoms with E-state index in [0.717, 1.165) is 64.9 Å². The Morgan fingerprint density at radius 1 is 1.28 bits per heavy atom. The lowest BCUT2D eigenvalue weighted by Gasteiger charge is -2.22. The average Bonchev–Trinajstić information content (AvgIpc) is 3.18. The Morgan fingerprint density at radius 3 is 2.79 bits per heavy atom. The van der Waals surface area contributed by atoms with Gasteiger partial charge in [-0.3, -0.25) is 4.99 Å². The van der Waals surface area contributed by atoms with Gasteiger partial charge in [0.1, 0.15) is 0 Å². The molecule has 166 valence electrons. The molecular formula is C22H39IN4O2. The van der Waals surface area contributed by atoms with Crippen LogP contribution >= 0.6 is 24.0 Å². The quantitative estimate of drug-likeness (QED) is 0.200. The minimum atomic E-state index is 0. The summed E-state index contributed by atoms with van der Waals surface area (Å²) in [5, 5.41) is 3.45. The number of nitrogens with zero attached hydrogens (tertiary/aromatic N) is 3. The normalized spacial score (nSPS) is 16.9. The smallest absolute Gasteiger partial charge is 0.193 e. The van der Waals surface area contributed by atoms with Gasteiger partial charge in [0.25, 0.3) is 0 Å². The number of likely N-dealkylation sites (N-methyl/N-ethyl adjacent to an activating group) is 1. The lowest BCUT2D eigenvalue weighted by molar-refractivity contribution is 0.0906. The molecule has 1 aliphatic heterocycles. The molecule has 7 heteroatoms. The van der Waals surface area contributed by atoms with E-state index in [4.69, 9.17) is 14.5 Å². The van der Waals surface area contributed by atoms with Crippen molar-refractivity contribution in [3.63, 3.8) is 0 Å². The van der Waals surface area contributed by atoms with Crippen molar-refractivity contribution < 1.29 is 9.47 Å². The number of halogens is 1. The van der Waals surface area contributed by atoms with Crippen LogP contribution in [0.15, 0.2) is 35.3 Å². The second kappa shape index (κ2) is 15.9. The number of ether oxygens (including phenoxy) is 2. The minimum Gasteiger partial charge on any atom is -0.383 e. The van der Waals surface area contributed by atoms with Gasteiger partial charge in [0.2, 0.25) is 0 Å². The Hall–Kier alpha value is -0.900. The zero-order valence-electron chi connectivity index (χ0n) is 18.3. The number of hydrogen-bond acceptors (Lipinski definition) is 4. The number of nitrogens with one attached hydrogen (secondary N) is 1. The highest BCUT2D eigenvalue weighted by molar-refractivity contribution is 14.0. The maximum atomic E-state index is 5.95. The van der Waals surface area contributed by atoms with E-state index in [9.17, 15) is 0 Å². The Balaban J connectivity index is 0.00000420. The maximum Gasteiger partial charge on any atom is 0.193 e. The second-order valence-corrected chi connectivity index (χ2v) is 7.49. The Bertz CT molecular complexity index is 559. The fourth-order valence-corrected chi connectivity index (χ4v) is 3.39. The van der Waals surface area contributed by atoms with E-state index in [1.807, 2.05) is 6.07 Å². The Labute approximate surface area is 194 Å². The summed E-state index contributed by atoms with van der Waals surface area (Å²) >= 11 is 0. The van der Waals surface area contributed by atoms with Crippen molar-refractivity contribution in [2.45, 2.75) is 26.4 Å². The van der Waals surface area contributed by atoms with Crippen molar-refractivity contribution in [1.29, 1.82) is 0 Å². The third-order valence-electron chi connectivity index (χ3n) is 5.02. The van der Waals surface area contributed by atoms with Crippen molar-refractivity contribution >= 4 is 29.9 Å². The Kier molecular flexibility index (Phi) is 14.3. The van der Waals surface area contributed by atoms with E-state index in [1.54, 1.807) is 7.11 Å². The predicted octanol–water partition coefficient (Wildman–Crippen LogP) is 3.08. The van der Waals surface area contributed by atoms with Gasteiger partial charge in [-0.25, -0.2) is 0 Å². The van der Waals surface area contributed by atoms with Gasteiger partial charge >= 0.3 is 0 Å². The molecule has 1 atom stereocenters. The largest absolute Gasteiger partial charge is 0.383 e. The number of likely N-dealkylation sites (tertiary alicyclic amines) is 1. The monoisotopic (exact) mass is 518 g/mol. The fourth-order valence-electron chi connectivity index (χ4n) is 3.39. The minimum absolute atomic E-state index is 0.